The Hall–Kier alpha value is -1.52. The molecule has 4 heteroatoms. The van der Waals surface area contributed by atoms with E-state index < -0.39 is 0 Å². The number of rotatable bonds is 6. The molecule has 104 valence electrons. The maximum atomic E-state index is 5.84. The lowest BCUT2D eigenvalue weighted by atomic mass is 10.1. The van der Waals surface area contributed by atoms with Gasteiger partial charge in [0.25, 0.3) is 0 Å². The predicted octanol–water partition coefficient (Wildman–Crippen LogP) is 2.01. The van der Waals surface area contributed by atoms with E-state index >= 15 is 0 Å². The lowest BCUT2D eigenvalue weighted by Gasteiger charge is -2.22. The van der Waals surface area contributed by atoms with Crippen LogP contribution in [0.5, 0.6) is 11.5 Å². The molecule has 1 atom stereocenters. The van der Waals surface area contributed by atoms with E-state index in [9.17, 15) is 0 Å². The molecule has 2 rings (SSSR count). The van der Waals surface area contributed by atoms with Crippen molar-refractivity contribution in [2.45, 2.75) is 19.4 Å². The van der Waals surface area contributed by atoms with Crippen LogP contribution in [0.2, 0.25) is 0 Å². The summed E-state index contributed by atoms with van der Waals surface area (Å²) in [6, 6.07) is 6.18. The number of fused-ring (bicyclic) bond motifs is 1. The molecule has 19 heavy (non-hydrogen) atoms. The van der Waals surface area contributed by atoms with Crippen molar-refractivity contribution < 1.29 is 9.47 Å². The number of hydrogen-bond donors (Lipinski definition) is 2. The fourth-order valence-electron chi connectivity index (χ4n) is 2.12. The summed E-state index contributed by atoms with van der Waals surface area (Å²) in [5.41, 5.74) is 6.99. The first-order valence-corrected chi connectivity index (χ1v) is 6.79. The number of benzene rings is 1. The van der Waals surface area contributed by atoms with Gasteiger partial charge in [-0.3, -0.25) is 0 Å². The van der Waals surface area contributed by atoms with Gasteiger partial charge in [-0.05, 0) is 37.6 Å². The first-order valence-electron chi connectivity index (χ1n) is 6.79. The third-order valence-electron chi connectivity index (χ3n) is 3.14. The number of ether oxygens (including phenoxy) is 2. The van der Waals surface area contributed by atoms with Crippen molar-refractivity contribution in [1.82, 2.24) is 5.32 Å². The molecule has 0 saturated carbocycles. The van der Waals surface area contributed by atoms with Crippen molar-refractivity contribution in [2.24, 2.45) is 5.73 Å². The molecular weight excluding hydrogens is 240 g/mol. The van der Waals surface area contributed by atoms with Crippen LogP contribution in [0.15, 0.2) is 30.4 Å². The van der Waals surface area contributed by atoms with E-state index in [4.69, 9.17) is 15.2 Å². The summed E-state index contributed by atoms with van der Waals surface area (Å²) in [6.07, 6.45) is 5.21. The van der Waals surface area contributed by atoms with Crippen molar-refractivity contribution in [1.29, 1.82) is 0 Å². The highest BCUT2D eigenvalue weighted by molar-refractivity contribution is 5.44. The van der Waals surface area contributed by atoms with Crippen molar-refractivity contribution in [2.75, 3.05) is 26.3 Å². The quantitative estimate of drug-likeness (QED) is 0.608. The molecule has 0 amide bonds. The molecule has 3 N–H and O–H groups in total. The van der Waals surface area contributed by atoms with Crippen LogP contribution in [-0.2, 0) is 0 Å². The van der Waals surface area contributed by atoms with Crippen LogP contribution in [0.3, 0.4) is 0 Å². The Morgan fingerprint density at radius 1 is 1.32 bits per heavy atom. The fourth-order valence-corrected chi connectivity index (χ4v) is 2.12. The van der Waals surface area contributed by atoms with E-state index in [1.165, 1.54) is 0 Å². The summed E-state index contributed by atoms with van der Waals surface area (Å²) >= 11 is 0. The molecule has 0 aliphatic carbocycles. The molecule has 4 nitrogen and oxygen atoms in total. The summed E-state index contributed by atoms with van der Waals surface area (Å²) in [5, 5.41) is 3.45. The van der Waals surface area contributed by atoms with E-state index in [-0.39, 0.29) is 6.04 Å². The van der Waals surface area contributed by atoms with E-state index in [1.54, 1.807) is 0 Å². The van der Waals surface area contributed by atoms with Crippen LogP contribution < -0.4 is 20.5 Å². The standard InChI is InChI=1S/C15H22N2O2/c1-2-3-4-7-17-13(11-16)12-5-6-14-15(10-12)19-9-8-18-14/h2-3,5-6,10,13,17H,4,7-9,11,16H2,1H3/b3-2+. The summed E-state index contributed by atoms with van der Waals surface area (Å²) < 4.78 is 11.1. The zero-order valence-corrected chi connectivity index (χ0v) is 11.4. The third-order valence-corrected chi connectivity index (χ3v) is 3.14. The molecule has 1 unspecified atom stereocenters. The summed E-state index contributed by atoms with van der Waals surface area (Å²) in [7, 11) is 0. The molecular formula is C15H22N2O2. The molecule has 1 aliphatic rings. The van der Waals surface area contributed by atoms with Gasteiger partial charge >= 0.3 is 0 Å². The highest BCUT2D eigenvalue weighted by Gasteiger charge is 2.15. The maximum Gasteiger partial charge on any atom is 0.161 e. The van der Waals surface area contributed by atoms with Gasteiger partial charge in [0.1, 0.15) is 13.2 Å². The van der Waals surface area contributed by atoms with Gasteiger partial charge in [0.05, 0.1) is 0 Å². The number of nitrogens with two attached hydrogens (primary N) is 1. The minimum atomic E-state index is 0.154. The second kappa shape index (κ2) is 7.16. The lowest BCUT2D eigenvalue weighted by molar-refractivity contribution is 0.171. The van der Waals surface area contributed by atoms with Crippen LogP contribution in [0.1, 0.15) is 24.9 Å². The number of allylic oxidation sites excluding steroid dienone is 1. The second-order valence-corrected chi connectivity index (χ2v) is 4.50. The predicted molar refractivity (Wildman–Crippen MR) is 76.7 cm³/mol. The van der Waals surface area contributed by atoms with E-state index in [0.717, 1.165) is 30.0 Å². The van der Waals surface area contributed by atoms with Crippen LogP contribution in [0, 0.1) is 0 Å². The first-order chi connectivity index (χ1) is 9.35. The highest BCUT2D eigenvalue weighted by atomic mass is 16.6. The Bertz CT molecular complexity index is 432. The summed E-state index contributed by atoms with van der Waals surface area (Å²) in [5.74, 6) is 1.64. The number of hydrogen-bond acceptors (Lipinski definition) is 4. The molecule has 1 aliphatic heterocycles. The summed E-state index contributed by atoms with van der Waals surface area (Å²) in [4.78, 5) is 0. The average molecular weight is 262 g/mol. The Kier molecular flexibility index (Phi) is 5.24. The molecule has 1 heterocycles. The topological polar surface area (TPSA) is 56.5 Å². The van der Waals surface area contributed by atoms with Crippen molar-refractivity contribution in [3.63, 3.8) is 0 Å². The fraction of sp³-hybridized carbons (Fsp3) is 0.467. The van der Waals surface area contributed by atoms with Crippen LogP contribution in [0.4, 0.5) is 0 Å². The van der Waals surface area contributed by atoms with Gasteiger partial charge in [0.2, 0.25) is 0 Å². The minimum Gasteiger partial charge on any atom is -0.486 e. The van der Waals surface area contributed by atoms with Crippen molar-refractivity contribution >= 4 is 0 Å². The zero-order valence-electron chi connectivity index (χ0n) is 11.4. The van der Waals surface area contributed by atoms with Gasteiger partial charge in [-0.15, -0.1) is 0 Å². The van der Waals surface area contributed by atoms with Gasteiger partial charge < -0.3 is 20.5 Å². The molecule has 0 aromatic heterocycles. The van der Waals surface area contributed by atoms with Crippen molar-refractivity contribution in [3.05, 3.63) is 35.9 Å². The molecule has 0 fully saturated rings. The number of nitrogens with one attached hydrogen (secondary N) is 1. The molecule has 0 radical (unpaired) electrons. The minimum absolute atomic E-state index is 0.154. The Morgan fingerprint density at radius 2 is 2.11 bits per heavy atom. The highest BCUT2D eigenvalue weighted by Crippen LogP contribution is 2.32. The molecule has 1 aromatic carbocycles. The Labute approximate surface area is 114 Å². The maximum absolute atomic E-state index is 5.84. The normalized spacial score (nSPS) is 15.7. The summed E-state index contributed by atoms with van der Waals surface area (Å²) in [6.45, 7) is 4.74. The molecule has 0 saturated heterocycles. The Morgan fingerprint density at radius 3 is 2.84 bits per heavy atom. The van der Waals surface area contributed by atoms with Gasteiger partial charge in [0.15, 0.2) is 11.5 Å². The van der Waals surface area contributed by atoms with Crippen molar-refractivity contribution in [3.8, 4) is 11.5 Å². The van der Waals surface area contributed by atoms with E-state index in [0.29, 0.717) is 19.8 Å². The van der Waals surface area contributed by atoms with Gasteiger partial charge in [-0.25, -0.2) is 0 Å². The average Bonchev–Trinajstić information content (AvgIpc) is 2.47. The van der Waals surface area contributed by atoms with Gasteiger partial charge in [-0.1, -0.05) is 18.2 Å². The molecule has 0 spiro atoms. The molecule has 0 bridgehead atoms. The second-order valence-electron chi connectivity index (χ2n) is 4.50. The SMILES string of the molecule is C/C=C/CCNC(CN)c1ccc2c(c1)OCCO2. The third kappa shape index (κ3) is 3.72. The lowest BCUT2D eigenvalue weighted by Crippen LogP contribution is -2.29. The van der Waals surface area contributed by atoms with Gasteiger partial charge in [-0.2, -0.15) is 0 Å². The van der Waals surface area contributed by atoms with Crippen LogP contribution in [0.25, 0.3) is 0 Å². The molecule has 1 aromatic rings. The van der Waals surface area contributed by atoms with Crippen LogP contribution >= 0.6 is 0 Å². The monoisotopic (exact) mass is 262 g/mol. The van der Waals surface area contributed by atoms with Gasteiger partial charge in [0, 0.05) is 12.6 Å². The van der Waals surface area contributed by atoms with E-state index in [2.05, 4.69) is 17.5 Å². The first kappa shape index (κ1) is 13.9. The largest absolute Gasteiger partial charge is 0.486 e. The smallest absolute Gasteiger partial charge is 0.161 e. The van der Waals surface area contributed by atoms with E-state index in [1.807, 2.05) is 25.1 Å². The van der Waals surface area contributed by atoms with Crippen LogP contribution in [-0.4, -0.2) is 26.3 Å². The Balaban J connectivity index is 2.01. The zero-order chi connectivity index (χ0) is 13.5.